The van der Waals surface area contributed by atoms with Gasteiger partial charge < -0.3 is 4.90 Å². The Morgan fingerprint density at radius 2 is 1.69 bits per heavy atom. The van der Waals surface area contributed by atoms with Crippen LogP contribution in [0.1, 0.15) is 35.7 Å². The van der Waals surface area contributed by atoms with Crippen molar-refractivity contribution in [2.24, 2.45) is 0 Å². The number of Topliss-reactive ketones (excluding diaryl/α,β-unsaturated/α-hetero) is 1. The average Bonchev–Trinajstić information content (AvgIpc) is 2.67. The van der Waals surface area contributed by atoms with Crippen LogP contribution in [0.2, 0.25) is 0 Å². The summed E-state index contributed by atoms with van der Waals surface area (Å²) in [5.74, 6) is -0.638. The van der Waals surface area contributed by atoms with E-state index in [1.807, 2.05) is 0 Å². The number of hydrogen-bond acceptors (Lipinski definition) is 4. The molecule has 29 heavy (non-hydrogen) atoms. The zero-order valence-electron chi connectivity index (χ0n) is 16.8. The fraction of sp³-hybridized carbons (Fsp3) is 0.333. The molecule has 0 unspecified atom stereocenters. The van der Waals surface area contributed by atoms with Gasteiger partial charge in [-0.05, 0) is 43.2 Å². The van der Waals surface area contributed by atoms with Crippen molar-refractivity contribution in [1.29, 1.82) is 0 Å². The predicted molar refractivity (Wildman–Crippen MR) is 108 cm³/mol. The first-order chi connectivity index (χ1) is 13.6. The number of sulfonamides is 1. The molecule has 0 N–H and O–H groups in total. The number of benzene rings is 2. The topological polar surface area (TPSA) is 74.8 Å². The van der Waals surface area contributed by atoms with Crippen LogP contribution in [0.25, 0.3) is 0 Å². The quantitative estimate of drug-likeness (QED) is 0.585. The molecule has 0 bridgehead atoms. The minimum Gasteiger partial charge on any atom is -0.341 e. The van der Waals surface area contributed by atoms with E-state index in [4.69, 9.17) is 0 Å². The van der Waals surface area contributed by atoms with Gasteiger partial charge >= 0.3 is 0 Å². The molecule has 0 fully saturated rings. The highest BCUT2D eigenvalue weighted by atomic mass is 32.2. The van der Waals surface area contributed by atoms with Crippen molar-refractivity contribution >= 4 is 21.7 Å². The molecule has 0 aromatic heterocycles. The lowest BCUT2D eigenvalue weighted by Crippen LogP contribution is -2.30. The van der Waals surface area contributed by atoms with Crippen molar-refractivity contribution in [3.05, 3.63) is 65.5 Å². The van der Waals surface area contributed by atoms with Gasteiger partial charge in [0.15, 0.2) is 5.78 Å². The Morgan fingerprint density at radius 3 is 2.28 bits per heavy atom. The van der Waals surface area contributed by atoms with E-state index in [-0.39, 0.29) is 41.9 Å². The van der Waals surface area contributed by atoms with Crippen LogP contribution in [-0.4, -0.2) is 50.0 Å². The monoisotopic (exact) mass is 420 g/mol. The second-order valence-corrected chi connectivity index (χ2v) is 8.94. The van der Waals surface area contributed by atoms with Crippen LogP contribution in [0.5, 0.6) is 0 Å². The van der Waals surface area contributed by atoms with Crippen molar-refractivity contribution in [3.63, 3.8) is 0 Å². The lowest BCUT2D eigenvalue weighted by Gasteiger charge is -2.20. The van der Waals surface area contributed by atoms with Crippen molar-refractivity contribution in [2.75, 3.05) is 20.6 Å². The molecule has 0 saturated heterocycles. The molecule has 0 heterocycles. The number of nitrogens with zero attached hydrogens (tertiary/aromatic N) is 2. The Morgan fingerprint density at radius 1 is 1.03 bits per heavy atom. The molecule has 0 atom stereocenters. The SMILES string of the molecule is CC(=O)c1ccc(S(=O)(=O)N(C)CCCC(=O)N(C)Cc2cccc(F)c2)cc1. The molecule has 0 saturated carbocycles. The summed E-state index contributed by atoms with van der Waals surface area (Å²) in [6.07, 6.45) is 0.530. The minimum absolute atomic E-state index is 0.0968. The number of carbonyl (C=O) groups is 2. The maximum Gasteiger partial charge on any atom is 0.242 e. The molecule has 1 amide bonds. The number of carbonyl (C=O) groups excluding carboxylic acids is 2. The van der Waals surface area contributed by atoms with Gasteiger partial charge in [0.05, 0.1) is 4.90 Å². The van der Waals surface area contributed by atoms with E-state index in [1.165, 1.54) is 59.6 Å². The highest BCUT2D eigenvalue weighted by molar-refractivity contribution is 7.89. The first-order valence-corrected chi connectivity index (χ1v) is 10.6. The van der Waals surface area contributed by atoms with Crippen LogP contribution < -0.4 is 0 Å². The summed E-state index contributed by atoms with van der Waals surface area (Å²) < 4.78 is 39.6. The van der Waals surface area contributed by atoms with Crippen molar-refractivity contribution < 1.29 is 22.4 Å². The predicted octanol–water partition coefficient (Wildman–Crippen LogP) is 3.09. The van der Waals surface area contributed by atoms with Gasteiger partial charge in [0.25, 0.3) is 0 Å². The molecular weight excluding hydrogens is 395 g/mol. The smallest absolute Gasteiger partial charge is 0.242 e. The van der Waals surface area contributed by atoms with E-state index in [0.717, 1.165) is 0 Å². The Labute approximate surface area is 171 Å². The highest BCUT2D eigenvalue weighted by Gasteiger charge is 2.21. The summed E-state index contributed by atoms with van der Waals surface area (Å²) in [5, 5.41) is 0. The van der Waals surface area contributed by atoms with Crippen LogP contribution in [0.4, 0.5) is 4.39 Å². The normalized spacial score (nSPS) is 11.5. The van der Waals surface area contributed by atoms with Gasteiger partial charge in [-0.25, -0.2) is 17.1 Å². The maximum atomic E-state index is 13.2. The number of amides is 1. The number of ketones is 1. The van der Waals surface area contributed by atoms with E-state index in [2.05, 4.69) is 0 Å². The van der Waals surface area contributed by atoms with Crippen LogP contribution in [-0.2, 0) is 21.4 Å². The molecule has 0 radical (unpaired) electrons. The van der Waals surface area contributed by atoms with Crippen molar-refractivity contribution in [3.8, 4) is 0 Å². The summed E-state index contributed by atoms with van der Waals surface area (Å²) in [7, 11) is -0.615. The van der Waals surface area contributed by atoms with Gasteiger partial charge in [-0.2, -0.15) is 0 Å². The van der Waals surface area contributed by atoms with Crippen molar-refractivity contribution in [2.45, 2.75) is 31.2 Å². The molecular formula is C21H25FN2O4S. The van der Waals surface area contributed by atoms with E-state index in [9.17, 15) is 22.4 Å². The Bertz CT molecular complexity index is 974. The second-order valence-electron chi connectivity index (χ2n) is 6.89. The molecule has 2 aromatic rings. The average molecular weight is 421 g/mol. The summed E-state index contributed by atoms with van der Waals surface area (Å²) in [6, 6.07) is 11.8. The minimum atomic E-state index is -3.70. The van der Waals surface area contributed by atoms with Gasteiger partial charge in [-0.1, -0.05) is 24.3 Å². The molecule has 0 aliphatic heterocycles. The van der Waals surface area contributed by atoms with Crippen molar-refractivity contribution in [1.82, 2.24) is 9.21 Å². The highest BCUT2D eigenvalue weighted by Crippen LogP contribution is 2.16. The molecule has 156 valence electrons. The Kier molecular flexibility index (Phi) is 7.64. The third kappa shape index (κ3) is 6.20. The fourth-order valence-corrected chi connectivity index (χ4v) is 4.01. The van der Waals surface area contributed by atoms with E-state index >= 15 is 0 Å². The number of halogens is 1. The van der Waals surface area contributed by atoms with Crippen LogP contribution >= 0.6 is 0 Å². The molecule has 8 heteroatoms. The van der Waals surface area contributed by atoms with Gasteiger partial charge in [0, 0.05) is 39.2 Å². The van der Waals surface area contributed by atoms with Crippen LogP contribution in [0.3, 0.4) is 0 Å². The standard InChI is InChI=1S/C21H25FN2O4S/c1-16(25)18-9-11-20(12-10-18)29(27,28)24(3)13-5-8-21(26)23(2)15-17-6-4-7-19(22)14-17/h4,6-7,9-12,14H,5,8,13,15H2,1-3H3. The summed E-state index contributed by atoms with van der Waals surface area (Å²) in [5.41, 5.74) is 1.13. The lowest BCUT2D eigenvalue weighted by molar-refractivity contribution is -0.130. The van der Waals surface area contributed by atoms with Crippen LogP contribution in [0.15, 0.2) is 53.4 Å². The third-order valence-corrected chi connectivity index (χ3v) is 6.44. The zero-order valence-corrected chi connectivity index (χ0v) is 17.6. The summed E-state index contributed by atoms with van der Waals surface area (Å²) in [6.45, 7) is 1.88. The van der Waals surface area contributed by atoms with Gasteiger partial charge in [0.1, 0.15) is 5.82 Å². The Hall–Kier alpha value is -2.58. The van der Waals surface area contributed by atoms with Crippen LogP contribution in [0, 0.1) is 5.82 Å². The van der Waals surface area contributed by atoms with E-state index < -0.39 is 10.0 Å². The number of rotatable bonds is 9. The molecule has 0 aliphatic carbocycles. The second kappa shape index (κ2) is 9.76. The summed E-state index contributed by atoms with van der Waals surface area (Å²) in [4.78, 5) is 25.2. The van der Waals surface area contributed by atoms with Gasteiger partial charge in [-0.3, -0.25) is 9.59 Å². The van der Waals surface area contributed by atoms with E-state index in [1.54, 1.807) is 19.2 Å². The Balaban J connectivity index is 1.88. The molecule has 2 aromatic carbocycles. The molecule has 6 nitrogen and oxygen atoms in total. The third-order valence-electron chi connectivity index (χ3n) is 4.57. The molecule has 0 aliphatic rings. The lowest BCUT2D eigenvalue weighted by atomic mass is 10.2. The first-order valence-electron chi connectivity index (χ1n) is 9.17. The summed E-state index contributed by atoms with van der Waals surface area (Å²) >= 11 is 0. The van der Waals surface area contributed by atoms with E-state index in [0.29, 0.717) is 17.5 Å². The van der Waals surface area contributed by atoms with Gasteiger partial charge in [0.2, 0.25) is 15.9 Å². The molecule has 0 spiro atoms. The number of hydrogen-bond donors (Lipinski definition) is 0. The first kappa shape index (κ1) is 22.7. The molecule has 2 rings (SSSR count). The largest absolute Gasteiger partial charge is 0.341 e. The maximum absolute atomic E-state index is 13.2. The van der Waals surface area contributed by atoms with Gasteiger partial charge in [-0.15, -0.1) is 0 Å². The zero-order chi connectivity index (χ0) is 21.6. The fourth-order valence-electron chi connectivity index (χ4n) is 2.80.